The van der Waals surface area contributed by atoms with E-state index in [0.717, 1.165) is 50.0 Å². The molecule has 8 nitrogen and oxygen atoms in total. The van der Waals surface area contributed by atoms with Crippen molar-refractivity contribution in [2.75, 3.05) is 40.6 Å². The average Bonchev–Trinajstić information content (AvgIpc) is 2.92. The highest BCUT2D eigenvalue weighted by molar-refractivity contribution is 5.78. The van der Waals surface area contributed by atoms with Gasteiger partial charge in [0.2, 0.25) is 5.91 Å². The third-order valence-electron chi connectivity index (χ3n) is 7.90. The molecular weight excluding hydrogens is 496 g/mol. The lowest BCUT2D eigenvalue weighted by molar-refractivity contribution is -0.128. The Kier molecular flexibility index (Phi) is 15.2. The van der Waals surface area contributed by atoms with Gasteiger partial charge in [0.05, 0.1) is 25.9 Å². The van der Waals surface area contributed by atoms with Crippen LogP contribution in [0.2, 0.25) is 0 Å². The molecule has 0 unspecified atom stereocenters. The van der Waals surface area contributed by atoms with Gasteiger partial charge in [-0.05, 0) is 74.0 Å². The Labute approximate surface area is 236 Å². The van der Waals surface area contributed by atoms with Crippen molar-refractivity contribution in [3.05, 3.63) is 23.8 Å². The second-order valence-electron chi connectivity index (χ2n) is 11.7. The van der Waals surface area contributed by atoms with Gasteiger partial charge < -0.3 is 35.1 Å². The Bertz CT molecular complexity index is 827. The first-order chi connectivity index (χ1) is 18.7. The van der Waals surface area contributed by atoms with Crippen molar-refractivity contribution >= 4 is 5.91 Å². The van der Waals surface area contributed by atoms with Crippen molar-refractivity contribution < 1.29 is 28.8 Å². The van der Waals surface area contributed by atoms with Crippen molar-refractivity contribution in [1.82, 2.24) is 5.32 Å². The standard InChI is InChI=1S/C31H54N2O6/c1-21(2)24(16-23-11-12-29(37-6)30(17-23)39-15-9-13-36-5)18-27(32)28(34)19-26(22(3)4)31(35)33-20-25-10-7-8-14-38-25/h11-12,17,21-22,24-28,34H,7-10,13-16,18-20,32H2,1-6H3,(H,33,35)/t24-,25+,26-,27-,28+/m0/s1. The molecule has 0 aromatic heterocycles. The largest absolute Gasteiger partial charge is 0.493 e. The molecule has 2 rings (SSSR count). The summed E-state index contributed by atoms with van der Waals surface area (Å²) in [5.74, 6) is 1.84. The van der Waals surface area contributed by atoms with Crippen LogP contribution in [0.5, 0.6) is 11.5 Å². The lowest BCUT2D eigenvalue weighted by atomic mass is 9.81. The predicted octanol–water partition coefficient (Wildman–Crippen LogP) is 4.35. The molecule has 0 radical (unpaired) electrons. The molecule has 1 aromatic rings. The molecule has 1 aliphatic rings. The highest BCUT2D eigenvalue weighted by atomic mass is 16.5. The van der Waals surface area contributed by atoms with E-state index in [0.29, 0.717) is 44.3 Å². The molecule has 0 saturated carbocycles. The maximum absolute atomic E-state index is 13.0. The molecule has 8 heteroatoms. The van der Waals surface area contributed by atoms with Gasteiger partial charge in [-0.2, -0.15) is 0 Å². The molecule has 1 aromatic carbocycles. The quantitative estimate of drug-likeness (QED) is 0.233. The summed E-state index contributed by atoms with van der Waals surface area (Å²) in [5, 5.41) is 14.1. The van der Waals surface area contributed by atoms with E-state index >= 15 is 0 Å². The Morgan fingerprint density at radius 3 is 2.49 bits per heavy atom. The van der Waals surface area contributed by atoms with Gasteiger partial charge in [0.1, 0.15) is 0 Å². The summed E-state index contributed by atoms with van der Waals surface area (Å²) in [4.78, 5) is 13.0. The maximum Gasteiger partial charge on any atom is 0.223 e. The molecule has 1 aliphatic heterocycles. The minimum Gasteiger partial charge on any atom is -0.493 e. The Hall–Kier alpha value is -1.87. The van der Waals surface area contributed by atoms with Gasteiger partial charge >= 0.3 is 0 Å². The van der Waals surface area contributed by atoms with Crippen molar-refractivity contribution in [3.63, 3.8) is 0 Å². The average molecular weight is 551 g/mol. The number of nitrogens with one attached hydrogen (secondary N) is 1. The number of hydrogen-bond acceptors (Lipinski definition) is 7. The van der Waals surface area contributed by atoms with Gasteiger partial charge in [-0.1, -0.05) is 33.8 Å². The van der Waals surface area contributed by atoms with E-state index in [2.05, 4.69) is 25.2 Å². The summed E-state index contributed by atoms with van der Waals surface area (Å²) >= 11 is 0. The molecule has 4 N–H and O–H groups in total. The molecule has 5 atom stereocenters. The predicted molar refractivity (Wildman–Crippen MR) is 155 cm³/mol. The van der Waals surface area contributed by atoms with Crippen LogP contribution in [0.3, 0.4) is 0 Å². The number of rotatable bonds is 18. The number of carbonyl (C=O) groups excluding carboxylic acids is 1. The van der Waals surface area contributed by atoms with Crippen molar-refractivity contribution in [2.24, 2.45) is 29.4 Å². The fourth-order valence-corrected chi connectivity index (χ4v) is 5.18. The Balaban J connectivity index is 1.97. The SMILES string of the molecule is COCCCOc1cc(C[C@@H](C[C@H](N)[C@H](O)C[C@H](C(=O)NC[C@H]2CCCCO2)C(C)C)C(C)C)ccc1OC. The molecule has 0 spiro atoms. The fraction of sp³-hybridized carbons (Fsp3) is 0.774. The Morgan fingerprint density at radius 1 is 1.10 bits per heavy atom. The highest BCUT2D eigenvalue weighted by Gasteiger charge is 2.30. The number of nitrogens with two attached hydrogens (primary N) is 1. The second kappa shape index (κ2) is 17.7. The third-order valence-corrected chi connectivity index (χ3v) is 7.90. The summed E-state index contributed by atoms with van der Waals surface area (Å²) in [5.41, 5.74) is 7.70. The van der Waals surface area contributed by atoms with Crippen LogP contribution in [-0.4, -0.2) is 69.8 Å². The van der Waals surface area contributed by atoms with E-state index < -0.39 is 12.1 Å². The highest BCUT2D eigenvalue weighted by Crippen LogP contribution is 2.32. The number of carbonyl (C=O) groups is 1. The van der Waals surface area contributed by atoms with Crippen LogP contribution in [0.15, 0.2) is 18.2 Å². The lowest BCUT2D eigenvalue weighted by Crippen LogP contribution is -2.44. The zero-order valence-electron chi connectivity index (χ0n) is 25.1. The number of aliphatic hydroxyl groups excluding tert-OH is 1. The molecule has 224 valence electrons. The number of aliphatic hydroxyl groups is 1. The van der Waals surface area contributed by atoms with Gasteiger partial charge in [0.25, 0.3) is 0 Å². The zero-order valence-corrected chi connectivity index (χ0v) is 25.1. The topological polar surface area (TPSA) is 112 Å². The lowest BCUT2D eigenvalue weighted by Gasteiger charge is -2.30. The van der Waals surface area contributed by atoms with Gasteiger partial charge in [-0.25, -0.2) is 0 Å². The molecule has 1 heterocycles. The molecule has 1 saturated heterocycles. The first-order valence-electron chi connectivity index (χ1n) is 14.8. The van der Waals surface area contributed by atoms with Crippen LogP contribution in [-0.2, 0) is 20.7 Å². The summed E-state index contributed by atoms with van der Waals surface area (Å²) in [6.45, 7) is 10.9. The maximum atomic E-state index is 13.0. The molecule has 0 bridgehead atoms. The number of benzene rings is 1. The number of hydrogen-bond donors (Lipinski definition) is 3. The minimum absolute atomic E-state index is 0.0258. The molecule has 1 fully saturated rings. The number of amides is 1. The van der Waals surface area contributed by atoms with Crippen molar-refractivity contribution in [3.8, 4) is 11.5 Å². The van der Waals surface area contributed by atoms with Crippen molar-refractivity contribution in [2.45, 2.75) is 90.9 Å². The third kappa shape index (κ3) is 11.6. The fourth-order valence-electron chi connectivity index (χ4n) is 5.18. The summed E-state index contributed by atoms with van der Waals surface area (Å²) in [6, 6.07) is 5.62. The molecule has 0 aliphatic carbocycles. The van der Waals surface area contributed by atoms with E-state index in [9.17, 15) is 9.90 Å². The van der Waals surface area contributed by atoms with Crippen LogP contribution in [0, 0.1) is 23.7 Å². The van der Waals surface area contributed by atoms with Crippen LogP contribution < -0.4 is 20.5 Å². The molecule has 1 amide bonds. The number of ether oxygens (including phenoxy) is 4. The summed E-state index contributed by atoms with van der Waals surface area (Å²) in [7, 11) is 3.32. The normalized spacial score (nSPS) is 19.0. The summed E-state index contributed by atoms with van der Waals surface area (Å²) in [6.07, 6.45) is 5.16. The van der Waals surface area contributed by atoms with Crippen LogP contribution in [0.25, 0.3) is 0 Å². The van der Waals surface area contributed by atoms with E-state index in [1.807, 2.05) is 26.0 Å². The van der Waals surface area contributed by atoms with Crippen molar-refractivity contribution in [1.29, 1.82) is 0 Å². The smallest absolute Gasteiger partial charge is 0.223 e. The molecule has 39 heavy (non-hydrogen) atoms. The van der Waals surface area contributed by atoms with Crippen LogP contribution in [0.1, 0.15) is 71.8 Å². The van der Waals surface area contributed by atoms with Gasteiger partial charge in [0, 0.05) is 45.2 Å². The monoisotopic (exact) mass is 550 g/mol. The van der Waals surface area contributed by atoms with Gasteiger partial charge in [-0.15, -0.1) is 0 Å². The summed E-state index contributed by atoms with van der Waals surface area (Å²) < 4.78 is 22.3. The van der Waals surface area contributed by atoms with Gasteiger partial charge in [0.15, 0.2) is 11.5 Å². The van der Waals surface area contributed by atoms with E-state index in [1.54, 1.807) is 14.2 Å². The first-order valence-corrected chi connectivity index (χ1v) is 14.8. The molecular formula is C31H54N2O6. The zero-order chi connectivity index (χ0) is 28.8. The first kappa shape index (κ1) is 33.3. The van der Waals surface area contributed by atoms with Crippen LogP contribution >= 0.6 is 0 Å². The second-order valence-corrected chi connectivity index (χ2v) is 11.7. The van der Waals surface area contributed by atoms with E-state index in [-0.39, 0.29) is 29.8 Å². The van der Waals surface area contributed by atoms with E-state index in [4.69, 9.17) is 24.7 Å². The van der Waals surface area contributed by atoms with Gasteiger partial charge in [-0.3, -0.25) is 4.79 Å². The Morgan fingerprint density at radius 2 is 1.87 bits per heavy atom. The number of methoxy groups -OCH3 is 2. The minimum atomic E-state index is -0.758. The van der Waals surface area contributed by atoms with E-state index in [1.165, 1.54) is 0 Å². The van der Waals surface area contributed by atoms with Crippen LogP contribution in [0.4, 0.5) is 0 Å².